The predicted octanol–water partition coefficient (Wildman–Crippen LogP) is 7.57. The first-order valence-corrected chi connectivity index (χ1v) is 18.0. The molecule has 0 aliphatic heterocycles. The molecule has 48 heavy (non-hydrogen) atoms. The van der Waals surface area contributed by atoms with Crippen LogP contribution < -0.4 is 20.7 Å². The van der Waals surface area contributed by atoms with Gasteiger partial charge in [-0.1, -0.05) is 158 Å². The first kappa shape index (κ1) is 29.0. The van der Waals surface area contributed by atoms with Gasteiger partial charge in [-0.3, -0.25) is 0 Å². The Morgan fingerprint density at radius 1 is 0.417 bits per heavy atom. The lowest BCUT2D eigenvalue weighted by molar-refractivity contribution is 1.16. The summed E-state index contributed by atoms with van der Waals surface area (Å²) in [5.74, 6) is 0. The lowest BCUT2D eigenvalue weighted by Crippen LogP contribution is -2.74. The van der Waals surface area contributed by atoms with Gasteiger partial charge in [-0.2, -0.15) is 10.5 Å². The average Bonchev–Trinajstić information content (AvgIpc) is 3.50. The summed E-state index contributed by atoms with van der Waals surface area (Å²) in [4.78, 5) is 0. The Labute approximate surface area is 280 Å². The number of benzene rings is 7. The topological polar surface area (TPSA) is 52.5 Å². The maximum absolute atomic E-state index is 10.6. The monoisotopic (exact) mass is 627 g/mol. The summed E-state index contributed by atoms with van der Waals surface area (Å²) in [5.41, 5.74) is 5.31. The summed E-state index contributed by atoms with van der Waals surface area (Å²) in [7, 11) is -2.70. The predicted molar refractivity (Wildman–Crippen MR) is 199 cm³/mol. The van der Waals surface area contributed by atoms with Gasteiger partial charge in [0.25, 0.3) is 0 Å². The van der Waals surface area contributed by atoms with Gasteiger partial charge in [0.15, 0.2) is 8.07 Å². The summed E-state index contributed by atoms with van der Waals surface area (Å²) >= 11 is 0. The number of nitrogens with zero attached hydrogens (tertiary/aromatic N) is 3. The van der Waals surface area contributed by atoms with E-state index in [1.807, 2.05) is 30.3 Å². The minimum absolute atomic E-state index is 0.360. The van der Waals surface area contributed by atoms with Gasteiger partial charge in [0.1, 0.15) is 12.1 Å². The van der Waals surface area contributed by atoms with Crippen molar-refractivity contribution in [3.05, 3.63) is 187 Å². The maximum Gasteiger partial charge on any atom is 0.179 e. The minimum atomic E-state index is -2.70. The van der Waals surface area contributed by atoms with E-state index in [0.29, 0.717) is 11.1 Å². The number of fused-ring (bicyclic) bond motifs is 3. The summed E-state index contributed by atoms with van der Waals surface area (Å²) < 4.78 is 2.16. The second-order valence-corrected chi connectivity index (χ2v) is 15.7. The maximum atomic E-state index is 10.6. The molecule has 0 unspecified atom stereocenters. The van der Waals surface area contributed by atoms with Crippen LogP contribution in [-0.2, 0) is 0 Å². The largest absolute Gasteiger partial charge is 0.307 e. The van der Waals surface area contributed by atoms with Crippen molar-refractivity contribution in [3.8, 4) is 29.0 Å². The van der Waals surface area contributed by atoms with E-state index in [-0.39, 0.29) is 0 Å². The lowest BCUT2D eigenvalue weighted by atomic mass is 9.96. The van der Waals surface area contributed by atoms with Crippen molar-refractivity contribution in [2.24, 2.45) is 0 Å². The van der Waals surface area contributed by atoms with Crippen molar-refractivity contribution in [2.75, 3.05) is 0 Å². The molecule has 1 aromatic heterocycles. The molecule has 0 amide bonds. The van der Waals surface area contributed by atoms with Gasteiger partial charge in [-0.05, 0) is 44.5 Å². The molecule has 0 fully saturated rings. The molecule has 224 valence electrons. The third-order valence-electron chi connectivity index (χ3n) is 9.46. The number of hydrogen-bond donors (Lipinski definition) is 0. The van der Waals surface area contributed by atoms with Gasteiger partial charge in [0.05, 0.1) is 27.8 Å². The van der Waals surface area contributed by atoms with Crippen LogP contribution in [0.4, 0.5) is 0 Å². The zero-order chi connectivity index (χ0) is 32.5. The molecule has 0 radical (unpaired) electrons. The molecule has 3 nitrogen and oxygen atoms in total. The van der Waals surface area contributed by atoms with Crippen LogP contribution in [0.25, 0.3) is 38.6 Å². The Balaban J connectivity index is 1.40. The molecule has 8 aromatic rings. The second kappa shape index (κ2) is 12.0. The Morgan fingerprint density at radius 2 is 0.854 bits per heavy atom. The molecule has 0 bridgehead atoms. The van der Waals surface area contributed by atoms with Gasteiger partial charge in [0, 0.05) is 16.3 Å². The Kier molecular flexibility index (Phi) is 7.27. The summed E-state index contributed by atoms with van der Waals surface area (Å²) in [6, 6.07) is 66.5. The number of aromatic nitrogens is 1. The molecule has 0 atom stereocenters. The molecular weight excluding hydrogens is 599 g/mol. The van der Waals surface area contributed by atoms with Gasteiger partial charge < -0.3 is 4.57 Å². The highest BCUT2D eigenvalue weighted by molar-refractivity contribution is 7.19. The molecule has 8 rings (SSSR count). The number of para-hydroxylation sites is 2. The Hall–Kier alpha value is -6.46. The SMILES string of the molecule is N#Cc1ccc(-c2ccc([Si](c3ccccc3)(c3ccccc3)c3ccccc3)cc2)c(-n2c3ccccc3c3ccccc32)c1C#N. The van der Waals surface area contributed by atoms with Crippen molar-refractivity contribution in [1.82, 2.24) is 4.57 Å². The molecule has 0 spiro atoms. The van der Waals surface area contributed by atoms with Crippen molar-refractivity contribution in [1.29, 1.82) is 10.5 Å². The van der Waals surface area contributed by atoms with Crippen LogP contribution in [0.5, 0.6) is 0 Å². The highest BCUT2D eigenvalue weighted by atomic mass is 28.3. The molecule has 4 heteroatoms. The number of nitriles is 2. The van der Waals surface area contributed by atoms with E-state index in [9.17, 15) is 10.5 Å². The standard InChI is InChI=1S/C44H29N3Si/c45-30-33-26-29-38(44(41(33)31-46)47-42-22-12-10-20-39(42)40-21-11-13-23-43(40)47)32-24-27-37(28-25-32)48(34-14-4-1-5-15-34,35-16-6-2-7-17-35)36-18-8-3-9-19-36/h1-29H. The fourth-order valence-corrected chi connectivity index (χ4v) is 12.1. The summed E-state index contributed by atoms with van der Waals surface area (Å²) in [6.07, 6.45) is 0. The minimum Gasteiger partial charge on any atom is -0.307 e. The van der Waals surface area contributed by atoms with E-state index in [4.69, 9.17) is 0 Å². The van der Waals surface area contributed by atoms with Crippen LogP contribution in [0.2, 0.25) is 0 Å². The van der Waals surface area contributed by atoms with Gasteiger partial charge in [-0.25, -0.2) is 0 Å². The van der Waals surface area contributed by atoms with Crippen LogP contribution in [-0.4, -0.2) is 12.6 Å². The molecule has 0 aliphatic carbocycles. The Bertz CT molecular complexity index is 2350. The molecule has 1 heterocycles. The quantitative estimate of drug-likeness (QED) is 0.141. The normalized spacial score (nSPS) is 11.3. The Morgan fingerprint density at radius 3 is 1.31 bits per heavy atom. The first-order valence-electron chi connectivity index (χ1n) is 16.0. The smallest absolute Gasteiger partial charge is 0.179 e. The molecule has 0 saturated carbocycles. The summed E-state index contributed by atoms with van der Waals surface area (Å²) in [6.45, 7) is 0. The van der Waals surface area contributed by atoms with Crippen molar-refractivity contribution in [3.63, 3.8) is 0 Å². The molecule has 0 aliphatic rings. The van der Waals surface area contributed by atoms with E-state index in [2.05, 4.69) is 156 Å². The van der Waals surface area contributed by atoms with E-state index < -0.39 is 8.07 Å². The molecule has 0 N–H and O–H groups in total. The van der Waals surface area contributed by atoms with E-state index in [1.165, 1.54) is 20.7 Å². The van der Waals surface area contributed by atoms with Gasteiger partial charge in [0.2, 0.25) is 0 Å². The fraction of sp³-hybridized carbons (Fsp3) is 0. The molecular formula is C44H29N3Si. The van der Waals surface area contributed by atoms with Crippen LogP contribution in [0.3, 0.4) is 0 Å². The highest BCUT2D eigenvalue weighted by Gasteiger charge is 2.41. The third kappa shape index (κ3) is 4.48. The van der Waals surface area contributed by atoms with Crippen LogP contribution in [0.15, 0.2) is 176 Å². The van der Waals surface area contributed by atoms with Crippen molar-refractivity contribution in [2.45, 2.75) is 0 Å². The third-order valence-corrected chi connectivity index (χ3v) is 14.3. The van der Waals surface area contributed by atoms with Gasteiger partial charge in [-0.15, -0.1) is 0 Å². The number of hydrogen-bond acceptors (Lipinski definition) is 2. The second-order valence-electron chi connectivity index (χ2n) is 11.9. The van der Waals surface area contributed by atoms with E-state index in [0.717, 1.165) is 38.6 Å². The highest BCUT2D eigenvalue weighted by Crippen LogP contribution is 2.38. The van der Waals surface area contributed by atoms with Crippen LogP contribution in [0.1, 0.15) is 11.1 Å². The van der Waals surface area contributed by atoms with E-state index in [1.54, 1.807) is 6.07 Å². The van der Waals surface area contributed by atoms with Gasteiger partial charge >= 0.3 is 0 Å². The zero-order valence-corrected chi connectivity index (χ0v) is 27.1. The molecule has 0 saturated heterocycles. The van der Waals surface area contributed by atoms with Crippen LogP contribution in [0, 0.1) is 22.7 Å². The first-order chi connectivity index (χ1) is 23.8. The summed E-state index contributed by atoms with van der Waals surface area (Å²) in [5, 5.41) is 28.1. The van der Waals surface area contributed by atoms with E-state index >= 15 is 0 Å². The fourth-order valence-electron chi connectivity index (χ4n) is 7.39. The van der Waals surface area contributed by atoms with Crippen molar-refractivity contribution < 1.29 is 0 Å². The zero-order valence-electron chi connectivity index (χ0n) is 26.1. The van der Waals surface area contributed by atoms with Crippen LogP contribution >= 0.6 is 0 Å². The lowest BCUT2D eigenvalue weighted by Gasteiger charge is -2.34. The van der Waals surface area contributed by atoms with Crippen molar-refractivity contribution >= 4 is 50.6 Å². The average molecular weight is 628 g/mol. The number of rotatable bonds is 6. The molecule has 7 aromatic carbocycles.